The van der Waals surface area contributed by atoms with Gasteiger partial charge >= 0.3 is 0 Å². The number of hydrogen-bond acceptors (Lipinski definition) is 3. The van der Waals surface area contributed by atoms with Crippen molar-refractivity contribution in [3.8, 4) is 0 Å². The van der Waals surface area contributed by atoms with Gasteiger partial charge in [-0.15, -0.1) is 6.58 Å². The van der Waals surface area contributed by atoms with Crippen LogP contribution in [0.1, 0.15) is 10.5 Å². The molecule has 1 heterocycles. The van der Waals surface area contributed by atoms with Gasteiger partial charge in [0.2, 0.25) is 0 Å². The minimum absolute atomic E-state index is 0.0848. The van der Waals surface area contributed by atoms with Gasteiger partial charge in [0.25, 0.3) is 5.91 Å². The summed E-state index contributed by atoms with van der Waals surface area (Å²) in [6.07, 6.45) is 3.58. The smallest absolute Gasteiger partial charge is 0.268 e. The minimum atomic E-state index is -0.0848. The zero-order chi connectivity index (χ0) is 12.0. The summed E-state index contributed by atoms with van der Waals surface area (Å²) in [4.78, 5) is 11.7. The van der Waals surface area contributed by atoms with Crippen LogP contribution in [0.4, 0.5) is 5.69 Å². The number of amides is 1. The van der Waals surface area contributed by atoms with E-state index in [9.17, 15) is 4.79 Å². The van der Waals surface area contributed by atoms with Crippen molar-refractivity contribution in [3.63, 3.8) is 0 Å². The third-order valence-corrected chi connectivity index (χ3v) is 2.99. The van der Waals surface area contributed by atoms with Gasteiger partial charge in [0.05, 0.1) is 5.69 Å². The van der Waals surface area contributed by atoms with Crippen molar-refractivity contribution in [2.75, 3.05) is 23.8 Å². The average Bonchev–Trinajstić information content (AvgIpc) is 2.57. The van der Waals surface area contributed by atoms with E-state index in [-0.39, 0.29) is 5.91 Å². The van der Waals surface area contributed by atoms with Gasteiger partial charge in [0, 0.05) is 31.3 Å². The Bertz CT molecular complexity index is 373. The molecule has 1 aromatic heterocycles. The van der Waals surface area contributed by atoms with E-state index in [1.54, 1.807) is 35.6 Å². The zero-order valence-corrected chi connectivity index (χ0v) is 10.2. The Morgan fingerprint density at radius 1 is 1.75 bits per heavy atom. The van der Waals surface area contributed by atoms with Crippen molar-refractivity contribution in [1.82, 2.24) is 9.88 Å². The molecule has 0 saturated carbocycles. The van der Waals surface area contributed by atoms with Crippen LogP contribution in [-0.4, -0.2) is 28.5 Å². The normalized spacial score (nSPS) is 10.1. The second-order valence-electron chi connectivity index (χ2n) is 3.39. The highest BCUT2D eigenvalue weighted by Crippen LogP contribution is 2.08. The predicted octanol–water partition coefficient (Wildman–Crippen LogP) is 1.26. The number of nitrogens with one attached hydrogen (secondary N) is 1. The quantitative estimate of drug-likeness (QED) is 0.580. The van der Waals surface area contributed by atoms with Crippen LogP contribution >= 0.6 is 11.8 Å². The van der Waals surface area contributed by atoms with Crippen molar-refractivity contribution in [3.05, 3.63) is 30.6 Å². The number of anilines is 1. The molecular formula is C11H17N3OS. The van der Waals surface area contributed by atoms with E-state index >= 15 is 0 Å². The Kier molecular flexibility index (Phi) is 4.98. The van der Waals surface area contributed by atoms with E-state index in [1.807, 2.05) is 6.08 Å². The summed E-state index contributed by atoms with van der Waals surface area (Å²) in [6, 6.07) is 1.67. The molecule has 0 aliphatic rings. The Hall–Kier alpha value is -1.36. The fraction of sp³-hybridized carbons (Fsp3) is 0.364. The van der Waals surface area contributed by atoms with Gasteiger partial charge in [0.15, 0.2) is 0 Å². The highest BCUT2D eigenvalue weighted by Gasteiger charge is 2.09. The summed E-state index contributed by atoms with van der Waals surface area (Å²) in [5.41, 5.74) is 6.79. The summed E-state index contributed by atoms with van der Waals surface area (Å²) < 4.78 is 1.72. The van der Waals surface area contributed by atoms with Crippen LogP contribution in [-0.2, 0) is 7.05 Å². The average molecular weight is 239 g/mol. The third kappa shape index (κ3) is 3.66. The first-order valence-electron chi connectivity index (χ1n) is 5.04. The fourth-order valence-electron chi connectivity index (χ4n) is 1.31. The third-order valence-electron chi connectivity index (χ3n) is 2.03. The molecule has 4 nitrogen and oxygen atoms in total. The van der Waals surface area contributed by atoms with Crippen molar-refractivity contribution in [1.29, 1.82) is 0 Å². The van der Waals surface area contributed by atoms with Gasteiger partial charge in [-0.05, 0) is 6.07 Å². The summed E-state index contributed by atoms with van der Waals surface area (Å²) in [6.45, 7) is 4.29. The molecule has 1 amide bonds. The Balaban J connectivity index is 2.35. The van der Waals surface area contributed by atoms with E-state index in [4.69, 9.17) is 5.73 Å². The molecule has 1 rings (SSSR count). The number of thioether (sulfide) groups is 1. The van der Waals surface area contributed by atoms with Crippen molar-refractivity contribution >= 4 is 23.4 Å². The molecule has 1 aromatic rings. The van der Waals surface area contributed by atoms with Crippen LogP contribution in [0.15, 0.2) is 24.9 Å². The van der Waals surface area contributed by atoms with Crippen LogP contribution in [0.3, 0.4) is 0 Å². The number of nitrogens with two attached hydrogens (primary N) is 1. The number of nitrogens with zero attached hydrogens (tertiary/aromatic N) is 1. The van der Waals surface area contributed by atoms with E-state index in [0.717, 1.165) is 11.5 Å². The molecule has 0 spiro atoms. The number of carbonyl (C=O) groups is 1. The van der Waals surface area contributed by atoms with E-state index in [2.05, 4.69) is 11.9 Å². The second-order valence-corrected chi connectivity index (χ2v) is 4.54. The number of hydrogen-bond donors (Lipinski definition) is 2. The van der Waals surface area contributed by atoms with Crippen LogP contribution in [0, 0.1) is 0 Å². The van der Waals surface area contributed by atoms with Crippen LogP contribution in [0.25, 0.3) is 0 Å². The molecule has 5 heteroatoms. The maximum Gasteiger partial charge on any atom is 0.268 e. The summed E-state index contributed by atoms with van der Waals surface area (Å²) in [5, 5.41) is 2.84. The fourth-order valence-corrected chi connectivity index (χ4v) is 1.89. The lowest BCUT2D eigenvalue weighted by Gasteiger charge is -2.05. The van der Waals surface area contributed by atoms with Crippen molar-refractivity contribution in [2.45, 2.75) is 0 Å². The molecule has 0 aromatic carbocycles. The molecule has 3 N–H and O–H groups in total. The second kappa shape index (κ2) is 6.27. The van der Waals surface area contributed by atoms with E-state index in [1.165, 1.54) is 0 Å². The number of carbonyl (C=O) groups excluding carboxylic acids is 1. The molecular weight excluding hydrogens is 222 g/mol. The van der Waals surface area contributed by atoms with E-state index in [0.29, 0.717) is 17.9 Å². The first kappa shape index (κ1) is 12.7. The van der Waals surface area contributed by atoms with Gasteiger partial charge in [-0.25, -0.2) is 0 Å². The Morgan fingerprint density at radius 2 is 2.50 bits per heavy atom. The first-order valence-corrected chi connectivity index (χ1v) is 6.19. The van der Waals surface area contributed by atoms with Crippen LogP contribution in [0.2, 0.25) is 0 Å². The van der Waals surface area contributed by atoms with Crippen LogP contribution in [0.5, 0.6) is 0 Å². The SMILES string of the molecule is C=CCSCCNC(=O)c1cc(N)cn1C. The minimum Gasteiger partial charge on any atom is -0.397 e. The lowest BCUT2D eigenvalue weighted by atomic mass is 10.4. The maximum atomic E-state index is 11.7. The molecule has 0 fully saturated rings. The Labute approximate surface area is 99.9 Å². The predicted molar refractivity (Wildman–Crippen MR) is 69.7 cm³/mol. The number of aromatic nitrogens is 1. The Morgan fingerprint density at radius 3 is 3.06 bits per heavy atom. The molecule has 0 atom stereocenters. The van der Waals surface area contributed by atoms with Crippen molar-refractivity contribution in [2.24, 2.45) is 7.05 Å². The largest absolute Gasteiger partial charge is 0.397 e. The maximum absolute atomic E-state index is 11.7. The molecule has 88 valence electrons. The zero-order valence-electron chi connectivity index (χ0n) is 9.40. The summed E-state index contributed by atoms with van der Waals surface area (Å²) in [7, 11) is 1.80. The molecule has 0 aliphatic heterocycles. The lowest BCUT2D eigenvalue weighted by molar-refractivity contribution is 0.0948. The van der Waals surface area contributed by atoms with Crippen molar-refractivity contribution < 1.29 is 4.79 Å². The molecule has 0 saturated heterocycles. The summed E-state index contributed by atoms with van der Waals surface area (Å²) >= 11 is 1.74. The number of aryl methyl sites for hydroxylation is 1. The first-order chi connectivity index (χ1) is 7.65. The highest BCUT2D eigenvalue weighted by atomic mass is 32.2. The monoisotopic (exact) mass is 239 g/mol. The van der Waals surface area contributed by atoms with Gasteiger partial charge < -0.3 is 15.6 Å². The summed E-state index contributed by atoms with van der Waals surface area (Å²) in [5.74, 6) is 1.71. The standard InChI is InChI=1S/C11H17N3OS/c1-3-5-16-6-4-13-11(15)10-7-9(12)8-14(10)2/h3,7-8H,1,4-6,12H2,2H3,(H,13,15). The van der Waals surface area contributed by atoms with Crippen LogP contribution < -0.4 is 11.1 Å². The van der Waals surface area contributed by atoms with Gasteiger partial charge in [0.1, 0.15) is 5.69 Å². The number of rotatable bonds is 6. The molecule has 0 bridgehead atoms. The van der Waals surface area contributed by atoms with E-state index < -0.39 is 0 Å². The molecule has 0 radical (unpaired) electrons. The molecule has 0 unspecified atom stereocenters. The van der Waals surface area contributed by atoms with Gasteiger partial charge in [-0.2, -0.15) is 11.8 Å². The molecule has 16 heavy (non-hydrogen) atoms. The van der Waals surface area contributed by atoms with Gasteiger partial charge in [-0.3, -0.25) is 4.79 Å². The topological polar surface area (TPSA) is 60.1 Å². The number of nitrogen functional groups attached to an aromatic ring is 1. The van der Waals surface area contributed by atoms with Gasteiger partial charge in [-0.1, -0.05) is 6.08 Å². The lowest BCUT2D eigenvalue weighted by Crippen LogP contribution is -2.27. The highest BCUT2D eigenvalue weighted by molar-refractivity contribution is 7.99. The molecule has 0 aliphatic carbocycles.